The number of benzene rings is 1. The van der Waals surface area contributed by atoms with Crippen LogP contribution in [-0.4, -0.2) is 34.9 Å². The van der Waals surface area contributed by atoms with Crippen molar-refractivity contribution in [2.75, 3.05) is 13.1 Å². The number of nitrogens with two attached hydrogens (primary N) is 1. The smallest absolute Gasteiger partial charge is 0.270 e. The lowest BCUT2D eigenvalue weighted by molar-refractivity contribution is -0.384. The Morgan fingerprint density at radius 2 is 2.26 bits per heavy atom. The first-order valence-corrected chi connectivity index (χ1v) is 6.35. The minimum absolute atomic E-state index is 0.0190. The van der Waals surface area contributed by atoms with Crippen molar-refractivity contribution < 1.29 is 9.72 Å². The van der Waals surface area contributed by atoms with Crippen LogP contribution in [0.2, 0.25) is 5.02 Å². The van der Waals surface area contributed by atoms with Crippen molar-refractivity contribution in [2.45, 2.75) is 18.9 Å². The van der Waals surface area contributed by atoms with E-state index >= 15 is 0 Å². The number of nitro benzene ring substituents is 1. The average Bonchev–Trinajstić information content (AvgIpc) is 2.37. The number of nitrogens with zero attached hydrogens (tertiary/aromatic N) is 2. The Hall–Kier alpha value is -1.66. The molecule has 19 heavy (non-hydrogen) atoms. The van der Waals surface area contributed by atoms with Crippen LogP contribution in [0.15, 0.2) is 18.2 Å². The number of non-ortho nitro benzene ring substituents is 1. The summed E-state index contributed by atoms with van der Waals surface area (Å²) in [5, 5.41) is 10.7. The van der Waals surface area contributed by atoms with Crippen LogP contribution in [0.4, 0.5) is 5.69 Å². The second-order valence-corrected chi connectivity index (χ2v) is 4.98. The molecule has 1 amide bonds. The molecular formula is C12H14ClN3O3. The molecule has 0 aromatic heterocycles. The van der Waals surface area contributed by atoms with Crippen molar-refractivity contribution in [1.29, 1.82) is 0 Å². The molecule has 0 radical (unpaired) electrons. The monoisotopic (exact) mass is 283 g/mol. The van der Waals surface area contributed by atoms with Crippen molar-refractivity contribution in [3.05, 3.63) is 38.9 Å². The molecule has 2 rings (SSSR count). The zero-order chi connectivity index (χ0) is 14.0. The predicted octanol–water partition coefficient (Wildman–Crippen LogP) is 1.81. The molecule has 2 N–H and O–H groups in total. The first-order valence-electron chi connectivity index (χ1n) is 5.98. The number of hydrogen-bond donors (Lipinski definition) is 1. The molecule has 0 aliphatic carbocycles. The third-order valence-electron chi connectivity index (χ3n) is 3.14. The predicted molar refractivity (Wildman–Crippen MR) is 71.2 cm³/mol. The second kappa shape index (κ2) is 5.54. The van der Waals surface area contributed by atoms with E-state index in [-0.39, 0.29) is 28.2 Å². The summed E-state index contributed by atoms with van der Waals surface area (Å²) in [4.78, 5) is 24.0. The summed E-state index contributed by atoms with van der Waals surface area (Å²) < 4.78 is 0. The van der Waals surface area contributed by atoms with Gasteiger partial charge < -0.3 is 10.6 Å². The zero-order valence-corrected chi connectivity index (χ0v) is 11.0. The second-order valence-electron chi connectivity index (χ2n) is 4.57. The number of hydrogen-bond acceptors (Lipinski definition) is 4. The van der Waals surface area contributed by atoms with Crippen LogP contribution in [0.5, 0.6) is 0 Å². The van der Waals surface area contributed by atoms with Gasteiger partial charge in [-0.25, -0.2) is 0 Å². The molecule has 1 aromatic rings. The van der Waals surface area contributed by atoms with Crippen LogP contribution in [-0.2, 0) is 0 Å². The molecular weight excluding hydrogens is 270 g/mol. The number of carbonyl (C=O) groups is 1. The molecule has 0 spiro atoms. The van der Waals surface area contributed by atoms with E-state index in [0.717, 1.165) is 12.8 Å². The summed E-state index contributed by atoms with van der Waals surface area (Å²) in [6.07, 6.45) is 1.76. The largest absolute Gasteiger partial charge is 0.337 e. The van der Waals surface area contributed by atoms with Crippen molar-refractivity contribution in [1.82, 2.24) is 4.90 Å². The van der Waals surface area contributed by atoms with E-state index in [4.69, 9.17) is 17.3 Å². The first kappa shape index (κ1) is 13.8. The minimum Gasteiger partial charge on any atom is -0.337 e. The van der Waals surface area contributed by atoms with Gasteiger partial charge in [0.1, 0.15) is 0 Å². The molecule has 7 heteroatoms. The first-order chi connectivity index (χ1) is 8.99. The SMILES string of the molecule is NC1CCCN(C(=O)c2ccc([N+](=O)[O-])cc2Cl)C1. The lowest BCUT2D eigenvalue weighted by Gasteiger charge is -2.31. The minimum atomic E-state index is -0.545. The molecule has 1 aliphatic heterocycles. The van der Waals surface area contributed by atoms with E-state index in [1.165, 1.54) is 18.2 Å². The highest BCUT2D eigenvalue weighted by Crippen LogP contribution is 2.24. The summed E-state index contributed by atoms with van der Waals surface area (Å²) in [5.41, 5.74) is 5.98. The summed E-state index contributed by atoms with van der Waals surface area (Å²) in [7, 11) is 0. The van der Waals surface area contributed by atoms with Crippen molar-refractivity contribution in [2.24, 2.45) is 5.73 Å². The lowest BCUT2D eigenvalue weighted by atomic mass is 10.1. The summed E-state index contributed by atoms with van der Waals surface area (Å²) in [6.45, 7) is 1.13. The molecule has 1 atom stereocenters. The maximum atomic E-state index is 12.3. The van der Waals surface area contributed by atoms with E-state index in [9.17, 15) is 14.9 Å². The molecule has 0 saturated carbocycles. The van der Waals surface area contributed by atoms with Crippen LogP contribution in [0, 0.1) is 10.1 Å². The summed E-state index contributed by atoms with van der Waals surface area (Å²) in [6, 6.07) is 3.85. The molecule has 1 aliphatic rings. The molecule has 1 aromatic carbocycles. The Morgan fingerprint density at radius 3 is 2.84 bits per heavy atom. The third kappa shape index (κ3) is 3.02. The van der Waals surface area contributed by atoms with Gasteiger partial charge in [-0.1, -0.05) is 11.6 Å². The van der Waals surface area contributed by atoms with E-state index < -0.39 is 4.92 Å². The lowest BCUT2D eigenvalue weighted by Crippen LogP contribution is -2.45. The van der Waals surface area contributed by atoms with Crippen LogP contribution < -0.4 is 5.73 Å². The van der Waals surface area contributed by atoms with E-state index in [2.05, 4.69) is 0 Å². The van der Waals surface area contributed by atoms with Gasteiger partial charge in [-0.05, 0) is 18.9 Å². The van der Waals surface area contributed by atoms with Gasteiger partial charge in [0.25, 0.3) is 11.6 Å². The van der Waals surface area contributed by atoms with Gasteiger partial charge in [-0.3, -0.25) is 14.9 Å². The molecule has 1 saturated heterocycles. The molecule has 102 valence electrons. The molecule has 0 bridgehead atoms. The number of amides is 1. The normalized spacial score (nSPS) is 19.3. The van der Waals surface area contributed by atoms with Crippen LogP contribution in [0.1, 0.15) is 23.2 Å². The number of piperidine rings is 1. The van der Waals surface area contributed by atoms with Crippen molar-refractivity contribution >= 4 is 23.2 Å². The van der Waals surface area contributed by atoms with E-state index in [0.29, 0.717) is 13.1 Å². The van der Waals surface area contributed by atoms with E-state index in [1.807, 2.05) is 0 Å². The number of rotatable bonds is 2. The van der Waals surface area contributed by atoms with Gasteiger partial charge in [-0.15, -0.1) is 0 Å². The number of likely N-dealkylation sites (tertiary alicyclic amines) is 1. The van der Waals surface area contributed by atoms with Crippen molar-refractivity contribution in [3.8, 4) is 0 Å². The van der Waals surface area contributed by atoms with Gasteiger partial charge in [0.05, 0.1) is 15.5 Å². The standard InChI is InChI=1S/C12H14ClN3O3/c13-11-6-9(16(18)19)3-4-10(11)12(17)15-5-1-2-8(14)7-15/h3-4,6,8H,1-2,5,7,14H2. The molecule has 1 heterocycles. The number of carbonyl (C=O) groups excluding carboxylic acids is 1. The summed E-state index contributed by atoms with van der Waals surface area (Å²) >= 11 is 5.94. The molecule has 1 fully saturated rings. The topological polar surface area (TPSA) is 89.5 Å². The fourth-order valence-electron chi connectivity index (χ4n) is 2.16. The van der Waals surface area contributed by atoms with Crippen LogP contribution in [0.25, 0.3) is 0 Å². The zero-order valence-electron chi connectivity index (χ0n) is 10.2. The molecule has 1 unspecified atom stereocenters. The summed E-state index contributed by atoms with van der Waals surface area (Å²) in [5.74, 6) is -0.227. The Kier molecular flexibility index (Phi) is 4.01. The van der Waals surface area contributed by atoms with Gasteiger partial charge in [0.15, 0.2) is 0 Å². The average molecular weight is 284 g/mol. The van der Waals surface area contributed by atoms with Gasteiger partial charge >= 0.3 is 0 Å². The van der Waals surface area contributed by atoms with Crippen molar-refractivity contribution in [3.63, 3.8) is 0 Å². The number of nitro groups is 1. The third-order valence-corrected chi connectivity index (χ3v) is 3.45. The van der Waals surface area contributed by atoms with E-state index in [1.54, 1.807) is 4.90 Å². The highest BCUT2D eigenvalue weighted by atomic mass is 35.5. The number of halogens is 1. The highest BCUT2D eigenvalue weighted by Gasteiger charge is 2.24. The Balaban J connectivity index is 2.21. The maximum absolute atomic E-state index is 12.3. The highest BCUT2D eigenvalue weighted by molar-refractivity contribution is 6.34. The van der Waals surface area contributed by atoms with Gasteiger partial charge in [0, 0.05) is 31.3 Å². The quantitative estimate of drug-likeness (QED) is 0.662. The fourth-order valence-corrected chi connectivity index (χ4v) is 2.41. The van der Waals surface area contributed by atoms with Crippen LogP contribution >= 0.6 is 11.6 Å². The Labute approximate surface area is 115 Å². The molecule has 6 nitrogen and oxygen atoms in total. The van der Waals surface area contributed by atoms with Gasteiger partial charge in [-0.2, -0.15) is 0 Å². The van der Waals surface area contributed by atoms with Gasteiger partial charge in [0.2, 0.25) is 0 Å². The Bertz CT molecular complexity index is 521. The Morgan fingerprint density at radius 1 is 1.53 bits per heavy atom. The van der Waals surface area contributed by atoms with Crippen LogP contribution in [0.3, 0.4) is 0 Å². The fraction of sp³-hybridized carbons (Fsp3) is 0.417. The maximum Gasteiger partial charge on any atom is 0.270 e.